The Balaban J connectivity index is 1.94. The molecule has 0 aromatic heterocycles. The van der Waals surface area contributed by atoms with Gasteiger partial charge in [-0.2, -0.15) is 0 Å². The predicted molar refractivity (Wildman–Crippen MR) is 95.0 cm³/mol. The molecule has 1 aliphatic heterocycles. The fourth-order valence-corrected chi connectivity index (χ4v) is 3.33. The largest absolute Gasteiger partial charge is 0.460 e. The van der Waals surface area contributed by atoms with Crippen LogP contribution in [-0.2, 0) is 20.7 Å². The van der Waals surface area contributed by atoms with E-state index in [1.807, 2.05) is 31.0 Å². The van der Waals surface area contributed by atoms with Crippen molar-refractivity contribution >= 4 is 11.8 Å². The molecular weight excluding hydrogens is 302 g/mol. The minimum Gasteiger partial charge on any atom is -0.460 e. The van der Waals surface area contributed by atoms with Gasteiger partial charge in [0.25, 0.3) is 0 Å². The van der Waals surface area contributed by atoms with Gasteiger partial charge in [0, 0.05) is 13.0 Å². The van der Waals surface area contributed by atoms with Gasteiger partial charge in [-0.1, -0.05) is 38.1 Å². The lowest BCUT2D eigenvalue weighted by Crippen LogP contribution is -2.31. The van der Waals surface area contributed by atoms with Crippen LogP contribution in [0.25, 0.3) is 0 Å². The molecule has 0 saturated carbocycles. The van der Waals surface area contributed by atoms with E-state index in [1.54, 1.807) is 6.92 Å². The number of Topliss-reactive ketones (excluding diaryl/α,β-unsaturated/α-hetero) is 1. The molecule has 132 valence electrons. The summed E-state index contributed by atoms with van der Waals surface area (Å²) in [6.45, 7) is 8.48. The van der Waals surface area contributed by atoms with Crippen molar-refractivity contribution in [1.82, 2.24) is 4.90 Å². The quantitative estimate of drug-likeness (QED) is 0.751. The summed E-state index contributed by atoms with van der Waals surface area (Å²) in [7, 11) is 1.90. The molecule has 1 saturated heterocycles. The molecule has 0 aliphatic carbocycles. The topological polar surface area (TPSA) is 46.6 Å². The van der Waals surface area contributed by atoms with E-state index in [0.717, 1.165) is 12.0 Å². The van der Waals surface area contributed by atoms with Crippen molar-refractivity contribution < 1.29 is 14.3 Å². The molecule has 1 aromatic carbocycles. The number of benzene rings is 1. The van der Waals surface area contributed by atoms with Crippen LogP contribution in [0.2, 0.25) is 0 Å². The number of carbonyl (C=O) groups excluding carboxylic acids is 2. The highest BCUT2D eigenvalue weighted by atomic mass is 16.5. The van der Waals surface area contributed by atoms with Gasteiger partial charge in [-0.15, -0.1) is 0 Å². The smallest absolute Gasteiger partial charge is 0.313 e. The van der Waals surface area contributed by atoms with Crippen LogP contribution >= 0.6 is 0 Å². The van der Waals surface area contributed by atoms with Crippen molar-refractivity contribution in [3.8, 4) is 0 Å². The molecule has 1 unspecified atom stereocenters. The van der Waals surface area contributed by atoms with E-state index < -0.39 is 0 Å². The Bertz CT molecular complexity index is 579. The van der Waals surface area contributed by atoms with Crippen LogP contribution in [-0.4, -0.2) is 42.4 Å². The molecular formula is C20H29NO3. The minimum atomic E-state index is -0.292. The molecule has 0 bridgehead atoms. The van der Waals surface area contributed by atoms with Crippen molar-refractivity contribution in [2.75, 3.05) is 13.6 Å². The van der Waals surface area contributed by atoms with Crippen LogP contribution in [0.15, 0.2) is 24.3 Å². The fraction of sp³-hybridized carbons (Fsp3) is 0.600. The Morgan fingerprint density at radius 2 is 1.83 bits per heavy atom. The summed E-state index contributed by atoms with van der Waals surface area (Å²) in [6, 6.07) is 8.09. The number of rotatable bonds is 6. The van der Waals surface area contributed by atoms with Gasteiger partial charge in [-0.25, -0.2) is 0 Å². The van der Waals surface area contributed by atoms with E-state index in [4.69, 9.17) is 4.74 Å². The number of esters is 1. The first kappa shape index (κ1) is 18.7. The fourth-order valence-electron chi connectivity index (χ4n) is 3.33. The second-order valence-electron chi connectivity index (χ2n) is 7.42. The average Bonchev–Trinajstić information content (AvgIpc) is 2.87. The second-order valence-corrected chi connectivity index (χ2v) is 7.42. The Hall–Kier alpha value is -1.68. The number of ether oxygens (including phenoxy) is 1. The number of carbonyl (C=O) groups is 2. The van der Waals surface area contributed by atoms with Crippen molar-refractivity contribution in [2.24, 2.45) is 5.92 Å². The highest BCUT2D eigenvalue weighted by Crippen LogP contribution is 2.24. The Morgan fingerprint density at radius 1 is 1.21 bits per heavy atom. The van der Waals surface area contributed by atoms with Gasteiger partial charge < -0.3 is 4.74 Å². The van der Waals surface area contributed by atoms with Crippen LogP contribution in [0.1, 0.15) is 51.2 Å². The van der Waals surface area contributed by atoms with Gasteiger partial charge in [0.1, 0.15) is 11.9 Å². The van der Waals surface area contributed by atoms with Crippen LogP contribution < -0.4 is 0 Å². The SMILES string of the molecule is CC(=O)[C@@H]1C[C@@H](OC(=O)C(C)c2ccc(CC(C)C)cc2)CN1C. The highest BCUT2D eigenvalue weighted by molar-refractivity contribution is 5.82. The maximum atomic E-state index is 12.4. The lowest BCUT2D eigenvalue weighted by atomic mass is 9.97. The Labute approximate surface area is 145 Å². The van der Waals surface area contributed by atoms with Gasteiger partial charge >= 0.3 is 5.97 Å². The number of ketones is 1. The van der Waals surface area contributed by atoms with Gasteiger partial charge in [-0.3, -0.25) is 14.5 Å². The maximum Gasteiger partial charge on any atom is 0.313 e. The number of hydrogen-bond donors (Lipinski definition) is 0. The number of likely N-dealkylation sites (N-methyl/N-ethyl adjacent to an activating group) is 1. The van der Waals surface area contributed by atoms with Crippen LogP contribution in [0.4, 0.5) is 0 Å². The first-order valence-corrected chi connectivity index (χ1v) is 8.78. The summed E-state index contributed by atoms with van der Waals surface area (Å²) < 4.78 is 5.64. The molecule has 0 amide bonds. The van der Waals surface area contributed by atoms with E-state index >= 15 is 0 Å². The molecule has 0 spiro atoms. The third-order valence-corrected chi connectivity index (χ3v) is 4.74. The van der Waals surface area contributed by atoms with E-state index in [2.05, 4.69) is 26.0 Å². The Morgan fingerprint density at radius 3 is 2.33 bits per heavy atom. The third-order valence-electron chi connectivity index (χ3n) is 4.74. The van der Waals surface area contributed by atoms with Gasteiger partial charge in [0.15, 0.2) is 0 Å². The van der Waals surface area contributed by atoms with E-state index in [9.17, 15) is 9.59 Å². The van der Waals surface area contributed by atoms with E-state index in [-0.39, 0.29) is 29.8 Å². The molecule has 1 aliphatic rings. The predicted octanol–water partition coefficient (Wildman–Crippen LogP) is 3.19. The standard InChI is InChI=1S/C20H29NO3/c1-13(2)10-16-6-8-17(9-7-16)14(3)20(23)24-18-11-19(15(4)22)21(5)12-18/h6-9,13-14,18-19H,10-12H2,1-5H3/t14?,18-,19+/m1/s1. The van der Waals surface area contributed by atoms with E-state index in [0.29, 0.717) is 18.9 Å². The van der Waals surface area contributed by atoms with Crippen LogP contribution in [0, 0.1) is 5.92 Å². The summed E-state index contributed by atoms with van der Waals surface area (Å²) in [5.74, 6) is 0.241. The van der Waals surface area contributed by atoms with Crippen LogP contribution in [0.5, 0.6) is 0 Å². The molecule has 3 atom stereocenters. The zero-order valence-corrected chi connectivity index (χ0v) is 15.4. The normalized spacial score (nSPS) is 22.6. The first-order valence-electron chi connectivity index (χ1n) is 8.78. The summed E-state index contributed by atoms with van der Waals surface area (Å²) >= 11 is 0. The lowest BCUT2D eigenvalue weighted by molar-refractivity contribution is -0.150. The van der Waals surface area contributed by atoms with Gasteiger partial charge in [-0.05, 0) is 44.4 Å². The molecule has 0 N–H and O–H groups in total. The molecule has 24 heavy (non-hydrogen) atoms. The van der Waals surface area contributed by atoms with Gasteiger partial charge in [0.05, 0.1) is 12.0 Å². The molecule has 1 heterocycles. The molecule has 4 nitrogen and oxygen atoms in total. The van der Waals surface area contributed by atoms with Crippen molar-refractivity contribution in [3.05, 3.63) is 35.4 Å². The average molecular weight is 331 g/mol. The molecule has 1 aromatic rings. The number of nitrogens with zero attached hydrogens (tertiary/aromatic N) is 1. The first-order chi connectivity index (χ1) is 11.3. The summed E-state index contributed by atoms with van der Waals surface area (Å²) in [5.41, 5.74) is 2.26. The number of likely N-dealkylation sites (tertiary alicyclic amines) is 1. The molecule has 4 heteroatoms. The van der Waals surface area contributed by atoms with E-state index in [1.165, 1.54) is 5.56 Å². The van der Waals surface area contributed by atoms with Crippen molar-refractivity contribution in [2.45, 2.75) is 58.6 Å². The highest BCUT2D eigenvalue weighted by Gasteiger charge is 2.35. The number of hydrogen-bond acceptors (Lipinski definition) is 4. The zero-order valence-electron chi connectivity index (χ0n) is 15.4. The molecule has 1 fully saturated rings. The Kier molecular flexibility index (Phi) is 6.16. The molecule has 0 radical (unpaired) electrons. The lowest BCUT2D eigenvalue weighted by Gasteiger charge is -2.17. The monoisotopic (exact) mass is 331 g/mol. The van der Waals surface area contributed by atoms with Crippen molar-refractivity contribution in [3.63, 3.8) is 0 Å². The summed E-state index contributed by atoms with van der Waals surface area (Å²) in [6.07, 6.45) is 1.44. The maximum absolute atomic E-state index is 12.4. The van der Waals surface area contributed by atoms with Gasteiger partial charge in [0.2, 0.25) is 0 Å². The third kappa shape index (κ3) is 4.67. The summed E-state index contributed by atoms with van der Waals surface area (Å²) in [5, 5.41) is 0. The minimum absolute atomic E-state index is 0.129. The van der Waals surface area contributed by atoms with Crippen molar-refractivity contribution in [1.29, 1.82) is 0 Å². The van der Waals surface area contributed by atoms with Crippen LogP contribution in [0.3, 0.4) is 0 Å². The molecule has 2 rings (SSSR count). The second kappa shape index (κ2) is 7.93. The zero-order chi connectivity index (χ0) is 17.9. The summed E-state index contributed by atoms with van der Waals surface area (Å²) in [4.78, 5) is 26.0.